The Morgan fingerprint density at radius 2 is 1.76 bits per heavy atom. The molecule has 2 aromatic carbocycles. The molecule has 1 aliphatic carbocycles. The van der Waals surface area contributed by atoms with Gasteiger partial charge < -0.3 is 19.5 Å². The van der Waals surface area contributed by atoms with Gasteiger partial charge in [-0.15, -0.1) is 0 Å². The largest absolute Gasteiger partial charge is 0.507 e. The van der Waals surface area contributed by atoms with Gasteiger partial charge in [-0.05, 0) is 67.1 Å². The summed E-state index contributed by atoms with van der Waals surface area (Å²) in [4.78, 5) is 28.3. The van der Waals surface area contributed by atoms with Crippen LogP contribution in [-0.4, -0.2) is 41.5 Å². The molecule has 2 aliphatic rings. The van der Waals surface area contributed by atoms with Gasteiger partial charge in [0.1, 0.15) is 17.3 Å². The molecule has 6 nitrogen and oxygen atoms in total. The van der Waals surface area contributed by atoms with Gasteiger partial charge in [0.15, 0.2) is 0 Å². The van der Waals surface area contributed by atoms with Gasteiger partial charge in [-0.3, -0.25) is 9.59 Å². The number of ether oxygens (including phenoxy) is 2. The highest BCUT2D eigenvalue weighted by atomic mass is 16.5. The number of nitrogens with zero attached hydrogens (tertiary/aromatic N) is 1. The molecular weight excluding hydrogens is 430 g/mol. The lowest BCUT2D eigenvalue weighted by Crippen LogP contribution is -2.37. The fourth-order valence-electron chi connectivity index (χ4n) is 5.14. The van der Waals surface area contributed by atoms with Crippen LogP contribution in [0.1, 0.15) is 75.1 Å². The van der Waals surface area contributed by atoms with E-state index in [0.717, 1.165) is 48.3 Å². The van der Waals surface area contributed by atoms with Crippen LogP contribution >= 0.6 is 0 Å². The number of hydrogen-bond acceptors (Lipinski definition) is 5. The lowest BCUT2D eigenvalue weighted by Gasteiger charge is -2.31. The van der Waals surface area contributed by atoms with E-state index in [4.69, 9.17) is 9.47 Å². The van der Waals surface area contributed by atoms with E-state index < -0.39 is 17.7 Å². The Labute approximate surface area is 201 Å². The van der Waals surface area contributed by atoms with Crippen LogP contribution in [0.25, 0.3) is 5.76 Å². The molecule has 1 saturated heterocycles. The summed E-state index contributed by atoms with van der Waals surface area (Å²) >= 11 is 0. The quantitative estimate of drug-likeness (QED) is 0.329. The maximum atomic E-state index is 13.3. The van der Waals surface area contributed by atoms with E-state index in [9.17, 15) is 14.7 Å². The van der Waals surface area contributed by atoms with Crippen LogP contribution in [0.5, 0.6) is 11.5 Å². The van der Waals surface area contributed by atoms with Crippen molar-refractivity contribution < 1.29 is 24.2 Å². The van der Waals surface area contributed by atoms with Crippen LogP contribution in [0.15, 0.2) is 48.0 Å². The summed E-state index contributed by atoms with van der Waals surface area (Å²) in [5, 5.41) is 11.4. The number of carbonyl (C=O) groups is 2. The Kier molecular flexibility index (Phi) is 6.96. The number of benzene rings is 2. The Bertz CT molecular complexity index is 1100. The SMILES string of the molecule is CCOc1ccc(C2/C(=C(/O)c3ccc(OC)c(C(C)C)c3)C(=O)C(=O)N2C2CCCC2)cc1. The third kappa shape index (κ3) is 4.29. The molecule has 1 amide bonds. The molecule has 180 valence electrons. The number of aliphatic hydroxyl groups is 1. The van der Waals surface area contributed by atoms with E-state index in [1.807, 2.05) is 51.1 Å². The molecule has 2 fully saturated rings. The number of likely N-dealkylation sites (tertiary alicyclic amines) is 1. The van der Waals surface area contributed by atoms with Gasteiger partial charge in [0, 0.05) is 11.6 Å². The van der Waals surface area contributed by atoms with Crippen molar-refractivity contribution >= 4 is 17.4 Å². The molecule has 1 unspecified atom stereocenters. The van der Waals surface area contributed by atoms with E-state index in [0.29, 0.717) is 12.2 Å². The first kappa shape index (κ1) is 23.9. The number of amides is 1. The van der Waals surface area contributed by atoms with Crippen molar-refractivity contribution in [1.82, 2.24) is 4.90 Å². The summed E-state index contributed by atoms with van der Waals surface area (Å²) in [7, 11) is 1.61. The minimum Gasteiger partial charge on any atom is -0.507 e. The molecule has 0 spiro atoms. The number of aliphatic hydroxyl groups excluding tert-OH is 1. The maximum Gasteiger partial charge on any atom is 0.295 e. The zero-order chi connectivity index (χ0) is 24.4. The van der Waals surface area contributed by atoms with Crippen LogP contribution in [0, 0.1) is 0 Å². The van der Waals surface area contributed by atoms with Gasteiger partial charge in [-0.2, -0.15) is 0 Å². The zero-order valence-corrected chi connectivity index (χ0v) is 20.3. The zero-order valence-electron chi connectivity index (χ0n) is 20.3. The standard InChI is InChI=1S/C28H33NO5/c1-5-34-21-13-10-18(11-14-21)25-24(27(31)28(32)29(25)20-8-6-7-9-20)26(30)19-12-15-23(33-4)22(16-19)17(2)3/h10-17,20,25,30H,5-9H2,1-4H3/b26-24-. The van der Waals surface area contributed by atoms with Crippen molar-refractivity contribution in [2.45, 2.75) is 64.5 Å². The molecule has 0 aromatic heterocycles. The topological polar surface area (TPSA) is 76.1 Å². The molecule has 1 heterocycles. The fourth-order valence-corrected chi connectivity index (χ4v) is 5.14. The first-order chi connectivity index (χ1) is 16.4. The van der Waals surface area contributed by atoms with Gasteiger partial charge in [-0.25, -0.2) is 0 Å². The van der Waals surface area contributed by atoms with Gasteiger partial charge in [0.25, 0.3) is 11.7 Å². The molecule has 6 heteroatoms. The Morgan fingerprint density at radius 3 is 2.35 bits per heavy atom. The van der Waals surface area contributed by atoms with Crippen molar-refractivity contribution in [3.05, 3.63) is 64.7 Å². The second-order valence-corrected chi connectivity index (χ2v) is 9.26. The van der Waals surface area contributed by atoms with Gasteiger partial charge in [0.2, 0.25) is 0 Å². The first-order valence-corrected chi connectivity index (χ1v) is 12.1. The van der Waals surface area contributed by atoms with Crippen molar-refractivity contribution in [3.8, 4) is 11.5 Å². The lowest BCUT2D eigenvalue weighted by molar-refractivity contribution is -0.141. The van der Waals surface area contributed by atoms with E-state index in [2.05, 4.69) is 0 Å². The van der Waals surface area contributed by atoms with Crippen LogP contribution in [0.4, 0.5) is 0 Å². The monoisotopic (exact) mass is 463 g/mol. The number of methoxy groups -OCH3 is 1. The number of Topliss-reactive ketones (excluding diaryl/α,β-unsaturated/α-hetero) is 1. The van der Waals surface area contributed by atoms with Crippen molar-refractivity contribution in [2.24, 2.45) is 0 Å². The summed E-state index contributed by atoms with van der Waals surface area (Å²) in [5.41, 5.74) is 2.36. The van der Waals surface area contributed by atoms with Crippen molar-refractivity contribution in [1.29, 1.82) is 0 Å². The molecule has 1 aliphatic heterocycles. The predicted molar refractivity (Wildman–Crippen MR) is 131 cm³/mol. The number of hydrogen-bond donors (Lipinski definition) is 1. The molecule has 34 heavy (non-hydrogen) atoms. The summed E-state index contributed by atoms with van der Waals surface area (Å²) < 4.78 is 11.0. The van der Waals surface area contributed by atoms with Crippen molar-refractivity contribution in [2.75, 3.05) is 13.7 Å². The number of rotatable bonds is 7. The second-order valence-electron chi connectivity index (χ2n) is 9.26. The van der Waals surface area contributed by atoms with Crippen LogP contribution in [0.2, 0.25) is 0 Å². The fraction of sp³-hybridized carbons (Fsp3) is 0.429. The number of ketones is 1. The van der Waals surface area contributed by atoms with E-state index in [1.165, 1.54) is 0 Å². The van der Waals surface area contributed by atoms with Crippen LogP contribution in [-0.2, 0) is 9.59 Å². The Morgan fingerprint density at radius 1 is 1.09 bits per heavy atom. The first-order valence-electron chi connectivity index (χ1n) is 12.1. The summed E-state index contributed by atoms with van der Waals surface area (Å²) in [6, 6.07) is 12.2. The van der Waals surface area contributed by atoms with E-state index in [-0.39, 0.29) is 23.3 Å². The van der Waals surface area contributed by atoms with Gasteiger partial charge in [-0.1, -0.05) is 38.8 Å². The molecule has 0 bridgehead atoms. The van der Waals surface area contributed by atoms with Crippen LogP contribution in [0.3, 0.4) is 0 Å². The number of carbonyl (C=O) groups excluding carboxylic acids is 2. The maximum absolute atomic E-state index is 13.3. The lowest BCUT2D eigenvalue weighted by atomic mass is 9.92. The molecule has 1 N–H and O–H groups in total. The molecule has 1 saturated carbocycles. The molecular formula is C28H33NO5. The van der Waals surface area contributed by atoms with Gasteiger partial charge in [0.05, 0.1) is 25.3 Å². The average Bonchev–Trinajstić information content (AvgIpc) is 3.45. The van der Waals surface area contributed by atoms with Crippen molar-refractivity contribution in [3.63, 3.8) is 0 Å². The summed E-state index contributed by atoms with van der Waals surface area (Å²) in [5.74, 6) is 0.282. The molecule has 0 radical (unpaired) electrons. The highest BCUT2D eigenvalue weighted by molar-refractivity contribution is 6.46. The normalized spacial score (nSPS) is 20.4. The van der Waals surface area contributed by atoms with E-state index in [1.54, 1.807) is 24.1 Å². The van der Waals surface area contributed by atoms with E-state index >= 15 is 0 Å². The molecule has 2 aromatic rings. The minimum absolute atomic E-state index is 0.0135. The average molecular weight is 464 g/mol. The smallest absolute Gasteiger partial charge is 0.295 e. The van der Waals surface area contributed by atoms with Gasteiger partial charge >= 0.3 is 0 Å². The Balaban J connectivity index is 1.86. The molecule has 1 atom stereocenters. The Hall–Kier alpha value is -3.28. The predicted octanol–water partition coefficient (Wildman–Crippen LogP) is 5.58. The van der Waals surface area contributed by atoms with Crippen LogP contribution < -0.4 is 9.47 Å². The third-order valence-electron chi connectivity index (χ3n) is 6.83. The second kappa shape index (κ2) is 9.92. The summed E-state index contributed by atoms with van der Waals surface area (Å²) in [6.07, 6.45) is 3.78. The highest BCUT2D eigenvalue weighted by Crippen LogP contribution is 2.44. The third-order valence-corrected chi connectivity index (χ3v) is 6.83. The molecule has 4 rings (SSSR count). The minimum atomic E-state index is -0.636. The summed E-state index contributed by atoms with van der Waals surface area (Å²) in [6.45, 7) is 6.56. The highest BCUT2D eigenvalue weighted by Gasteiger charge is 2.49.